The van der Waals surface area contributed by atoms with E-state index in [2.05, 4.69) is 0 Å². The van der Waals surface area contributed by atoms with E-state index in [4.69, 9.17) is 9.47 Å². The van der Waals surface area contributed by atoms with Crippen LogP contribution in [0.2, 0.25) is 0 Å². The SMILES string of the molecule is CCOC(=O)Cc1cc(C)c(OC)c(F)c1. The van der Waals surface area contributed by atoms with Crippen LogP contribution < -0.4 is 4.74 Å². The molecule has 0 saturated heterocycles. The Morgan fingerprint density at radius 3 is 2.62 bits per heavy atom. The summed E-state index contributed by atoms with van der Waals surface area (Å²) in [6.07, 6.45) is 0.0790. The van der Waals surface area contributed by atoms with E-state index in [1.165, 1.54) is 13.2 Å². The molecular weight excluding hydrogens is 211 g/mol. The summed E-state index contributed by atoms with van der Waals surface area (Å²) in [4.78, 5) is 11.2. The first-order valence-corrected chi connectivity index (χ1v) is 5.07. The molecule has 0 aliphatic heterocycles. The van der Waals surface area contributed by atoms with Crippen LogP contribution in [0.1, 0.15) is 18.1 Å². The van der Waals surface area contributed by atoms with Crippen LogP contribution in [0.4, 0.5) is 4.39 Å². The molecule has 0 unspecified atom stereocenters. The number of aryl methyl sites for hydroxylation is 1. The van der Waals surface area contributed by atoms with Gasteiger partial charge in [-0.1, -0.05) is 6.07 Å². The highest BCUT2D eigenvalue weighted by molar-refractivity contribution is 5.72. The number of ether oxygens (including phenoxy) is 2. The molecule has 88 valence electrons. The molecule has 3 nitrogen and oxygen atoms in total. The topological polar surface area (TPSA) is 35.5 Å². The minimum absolute atomic E-state index is 0.0790. The average Bonchev–Trinajstić information content (AvgIpc) is 2.17. The third-order valence-corrected chi connectivity index (χ3v) is 2.15. The maximum Gasteiger partial charge on any atom is 0.310 e. The number of carbonyl (C=O) groups is 1. The van der Waals surface area contributed by atoms with Gasteiger partial charge in [-0.2, -0.15) is 0 Å². The van der Waals surface area contributed by atoms with Crippen molar-refractivity contribution in [2.24, 2.45) is 0 Å². The number of hydrogen-bond donors (Lipinski definition) is 0. The summed E-state index contributed by atoms with van der Waals surface area (Å²) in [5.74, 6) is -0.596. The minimum Gasteiger partial charge on any atom is -0.493 e. The first kappa shape index (κ1) is 12.5. The fourth-order valence-corrected chi connectivity index (χ4v) is 1.54. The predicted molar refractivity (Wildman–Crippen MR) is 58.0 cm³/mol. The van der Waals surface area contributed by atoms with Crippen LogP contribution in [-0.2, 0) is 16.0 Å². The van der Waals surface area contributed by atoms with Gasteiger partial charge in [-0.15, -0.1) is 0 Å². The average molecular weight is 226 g/mol. The van der Waals surface area contributed by atoms with Gasteiger partial charge >= 0.3 is 5.97 Å². The van der Waals surface area contributed by atoms with Gasteiger partial charge in [-0.25, -0.2) is 4.39 Å². The summed E-state index contributed by atoms with van der Waals surface area (Å²) in [7, 11) is 1.41. The monoisotopic (exact) mass is 226 g/mol. The van der Waals surface area contributed by atoms with Crippen molar-refractivity contribution in [1.29, 1.82) is 0 Å². The van der Waals surface area contributed by atoms with Gasteiger partial charge in [0.25, 0.3) is 0 Å². The Kier molecular flexibility index (Phi) is 4.28. The summed E-state index contributed by atoms with van der Waals surface area (Å²) in [5.41, 5.74) is 1.26. The smallest absolute Gasteiger partial charge is 0.310 e. The van der Waals surface area contributed by atoms with Crippen LogP contribution in [-0.4, -0.2) is 19.7 Å². The van der Waals surface area contributed by atoms with Gasteiger partial charge in [-0.3, -0.25) is 4.79 Å². The Morgan fingerprint density at radius 2 is 2.12 bits per heavy atom. The van der Waals surface area contributed by atoms with Crippen molar-refractivity contribution in [1.82, 2.24) is 0 Å². The highest BCUT2D eigenvalue weighted by atomic mass is 19.1. The molecular formula is C12H15FO3. The van der Waals surface area contributed by atoms with Crippen LogP contribution in [0.3, 0.4) is 0 Å². The molecule has 0 spiro atoms. The summed E-state index contributed by atoms with van der Waals surface area (Å²) in [6, 6.07) is 3.02. The zero-order valence-corrected chi connectivity index (χ0v) is 9.67. The molecule has 0 aliphatic rings. The number of esters is 1. The maximum absolute atomic E-state index is 13.5. The molecule has 0 radical (unpaired) electrons. The molecule has 4 heteroatoms. The molecule has 0 bridgehead atoms. The van der Waals surface area contributed by atoms with E-state index < -0.39 is 5.82 Å². The van der Waals surface area contributed by atoms with Gasteiger partial charge in [0, 0.05) is 0 Å². The van der Waals surface area contributed by atoms with Crippen LogP contribution in [0, 0.1) is 12.7 Å². The van der Waals surface area contributed by atoms with E-state index in [-0.39, 0.29) is 18.1 Å². The normalized spacial score (nSPS) is 10.0. The lowest BCUT2D eigenvalue weighted by Crippen LogP contribution is -2.08. The molecule has 1 aromatic carbocycles. The lowest BCUT2D eigenvalue weighted by Gasteiger charge is -2.08. The molecule has 0 fully saturated rings. The minimum atomic E-state index is -0.457. The van der Waals surface area contributed by atoms with Gasteiger partial charge in [0.2, 0.25) is 0 Å². The molecule has 0 saturated carbocycles. The van der Waals surface area contributed by atoms with Gasteiger partial charge in [-0.05, 0) is 31.0 Å². The number of carbonyl (C=O) groups excluding carboxylic acids is 1. The summed E-state index contributed by atoms with van der Waals surface area (Å²) >= 11 is 0. The number of hydrogen-bond acceptors (Lipinski definition) is 3. The number of halogens is 1. The maximum atomic E-state index is 13.5. The quantitative estimate of drug-likeness (QED) is 0.739. The highest BCUT2D eigenvalue weighted by Gasteiger charge is 2.11. The van der Waals surface area contributed by atoms with Crippen LogP contribution in [0.15, 0.2) is 12.1 Å². The zero-order valence-electron chi connectivity index (χ0n) is 9.67. The van der Waals surface area contributed by atoms with Crippen LogP contribution in [0.25, 0.3) is 0 Å². The van der Waals surface area contributed by atoms with E-state index >= 15 is 0 Å². The Morgan fingerprint density at radius 1 is 1.44 bits per heavy atom. The standard InChI is InChI=1S/C12H15FO3/c1-4-16-11(14)7-9-5-8(2)12(15-3)10(13)6-9/h5-6H,4,7H2,1-3H3. The summed E-state index contributed by atoms with van der Waals surface area (Å²) in [5, 5.41) is 0. The first-order chi connectivity index (χ1) is 7.58. The van der Waals surface area contributed by atoms with Crippen molar-refractivity contribution < 1.29 is 18.7 Å². The molecule has 0 aliphatic carbocycles. The summed E-state index contributed by atoms with van der Waals surface area (Å²) in [6.45, 7) is 3.80. The fraction of sp³-hybridized carbons (Fsp3) is 0.417. The van der Waals surface area contributed by atoms with Gasteiger partial charge in [0.05, 0.1) is 20.1 Å². The van der Waals surface area contributed by atoms with E-state index in [9.17, 15) is 9.18 Å². The second kappa shape index (κ2) is 5.49. The second-order valence-electron chi connectivity index (χ2n) is 3.41. The summed E-state index contributed by atoms with van der Waals surface area (Å²) < 4.78 is 23.2. The second-order valence-corrected chi connectivity index (χ2v) is 3.41. The van der Waals surface area contributed by atoms with E-state index in [1.54, 1.807) is 19.9 Å². The van der Waals surface area contributed by atoms with Crippen molar-refractivity contribution >= 4 is 5.97 Å². The molecule has 0 aromatic heterocycles. The van der Waals surface area contributed by atoms with E-state index in [0.29, 0.717) is 17.7 Å². The predicted octanol–water partition coefficient (Wildman–Crippen LogP) is 2.25. The Hall–Kier alpha value is -1.58. The molecule has 0 atom stereocenters. The molecule has 1 aromatic rings. The largest absolute Gasteiger partial charge is 0.493 e. The zero-order chi connectivity index (χ0) is 12.1. The first-order valence-electron chi connectivity index (χ1n) is 5.07. The van der Waals surface area contributed by atoms with Crippen molar-refractivity contribution in [3.05, 3.63) is 29.1 Å². The van der Waals surface area contributed by atoms with Gasteiger partial charge in [0.15, 0.2) is 11.6 Å². The fourth-order valence-electron chi connectivity index (χ4n) is 1.54. The number of methoxy groups -OCH3 is 1. The van der Waals surface area contributed by atoms with E-state index in [1.807, 2.05) is 0 Å². The third-order valence-electron chi connectivity index (χ3n) is 2.15. The molecule has 16 heavy (non-hydrogen) atoms. The van der Waals surface area contributed by atoms with E-state index in [0.717, 1.165) is 0 Å². The third kappa shape index (κ3) is 2.95. The van der Waals surface area contributed by atoms with Gasteiger partial charge < -0.3 is 9.47 Å². The lowest BCUT2D eigenvalue weighted by atomic mass is 10.1. The van der Waals surface area contributed by atoms with Crippen molar-refractivity contribution in [3.8, 4) is 5.75 Å². The number of rotatable bonds is 4. The van der Waals surface area contributed by atoms with Crippen molar-refractivity contribution in [2.75, 3.05) is 13.7 Å². The van der Waals surface area contributed by atoms with Crippen molar-refractivity contribution in [3.63, 3.8) is 0 Å². The van der Waals surface area contributed by atoms with Crippen molar-refractivity contribution in [2.45, 2.75) is 20.3 Å². The highest BCUT2D eigenvalue weighted by Crippen LogP contribution is 2.23. The number of benzene rings is 1. The Labute approximate surface area is 94.2 Å². The van der Waals surface area contributed by atoms with Crippen LogP contribution >= 0.6 is 0 Å². The van der Waals surface area contributed by atoms with Gasteiger partial charge in [0.1, 0.15) is 0 Å². The molecule has 0 amide bonds. The van der Waals surface area contributed by atoms with Crippen LogP contribution in [0.5, 0.6) is 5.75 Å². The molecule has 0 heterocycles. The Balaban J connectivity index is 2.87. The molecule has 1 rings (SSSR count). The Bertz CT molecular complexity index is 365. The lowest BCUT2D eigenvalue weighted by molar-refractivity contribution is -0.142. The molecule has 0 N–H and O–H groups in total.